The van der Waals surface area contributed by atoms with Crippen LogP contribution in [0.3, 0.4) is 0 Å². The molecule has 9 heteroatoms. The van der Waals surface area contributed by atoms with Crippen molar-refractivity contribution in [3.8, 4) is 5.82 Å². The highest BCUT2D eigenvalue weighted by atomic mass is 32.1. The molecule has 8 nitrogen and oxygen atoms in total. The average molecular weight is 329 g/mol. The second-order valence-electron chi connectivity index (χ2n) is 4.59. The number of hydrogen-bond donors (Lipinski definition) is 1. The Bertz CT molecular complexity index is 872. The number of amides is 1. The van der Waals surface area contributed by atoms with Crippen LogP contribution >= 0.6 is 11.3 Å². The number of nitrogens with one attached hydrogen (secondary N) is 1. The Balaban J connectivity index is 1.89. The molecule has 1 N–H and O–H groups in total. The standard InChI is InChI=1S/C14H11N5O3S/c1-9-11(19(21)22)8-12(23-9)14(20)17-10-4-2-5-15-13(10)18-7-3-6-16-18/h2-8H,1H3,(H,17,20). The summed E-state index contributed by atoms with van der Waals surface area (Å²) in [7, 11) is 0. The summed E-state index contributed by atoms with van der Waals surface area (Å²) in [6, 6.07) is 6.40. The zero-order valence-electron chi connectivity index (χ0n) is 12.0. The van der Waals surface area contributed by atoms with Gasteiger partial charge in [-0.2, -0.15) is 5.10 Å². The van der Waals surface area contributed by atoms with Crippen LogP contribution < -0.4 is 5.32 Å². The third kappa shape index (κ3) is 2.94. The molecule has 3 aromatic rings. The van der Waals surface area contributed by atoms with E-state index in [1.807, 2.05) is 0 Å². The topological polar surface area (TPSA) is 103 Å². The van der Waals surface area contributed by atoms with Gasteiger partial charge in [0.05, 0.1) is 20.4 Å². The molecule has 0 aliphatic rings. The summed E-state index contributed by atoms with van der Waals surface area (Å²) in [5.41, 5.74) is 0.411. The summed E-state index contributed by atoms with van der Waals surface area (Å²) < 4.78 is 1.53. The van der Waals surface area contributed by atoms with E-state index < -0.39 is 10.8 Å². The van der Waals surface area contributed by atoms with Crippen LogP contribution in [-0.4, -0.2) is 25.6 Å². The molecule has 0 spiro atoms. The first-order chi connectivity index (χ1) is 11.1. The highest BCUT2D eigenvalue weighted by Crippen LogP contribution is 2.29. The van der Waals surface area contributed by atoms with Gasteiger partial charge in [-0.15, -0.1) is 11.3 Å². The summed E-state index contributed by atoms with van der Waals surface area (Å²) in [6.45, 7) is 1.61. The smallest absolute Gasteiger partial charge is 0.283 e. The van der Waals surface area contributed by atoms with Gasteiger partial charge < -0.3 is 5.32 Å². The number of carbonyl (C=O) groups excluding carboxylic acids is 1. The largest absolute Gasteiger partial charge is 0.318 e. The van der Waals surface area contributed by atoms with E-state index in [0.29, 0.717) is 16.4 Å². The molecule has 0 unspecified atom stereocenters. The number of thiophene rings is 1. The number of pyridine rings is 1. The summed E-state index contributed by atoms with van der Waals surface area (Å²) in [5.74, 6) is 0.0428. The second-order valence-corrected chi connectivity index (χ2v) is 5.84. The normalized spacial score (nSPS) is 10.5. The van der Waals surface area contributed by atoms with Crippen LogP contribution in [0.15, 0.2) is 42.9 Å². The number of nitrogens with zero attached hydrogens (tertiary/aromatic N) is 4. The van der Waals surface area contributed by atoms with Crippen molar-refractivity contribution >= 4 is 28.6 Å². The third-order valence-corrected chi connectivity index (χ3v) is 4.11. The first kappa shape index (κ1) is 14.9. The molecule has 0 aliphatic carbocycles. The van der Waals surface area contributed by atoms with Crippen LogP contribution in [-0.2, 0) is 0 Å². The fourth-order valence-corrected chi connectivity index (χ4v) is 2.90. The summed E-state index contributed by atoms with van der Waals surface area (Å²) in [6.07, 6.45) is 4.90. The minimum atomic E-state index is -0.498. The number of hydrogen-bond acceptors (Lipinski definition) is 6. The van der Waals surface area contributed by atoms with Crippen molar-refractivity contribution in [1.29, 1.82) is 0 Å². The highest BCUT2D eigenvalue weighted by molar-refractivity contribution is 7.14. The van der Waals surface area contributed by atoms with Gasteiger partial charge in [0.1, 0.15) is 0 Å². The molecule has 23 heavy (non-hydrogen) atoms. The number of anilines is 1. The lowest BCUT2D eigenvalue weighted by Gasteiger charge is -2.08. The van der Waals surface area contributed by atoms with Crippen molar-refractivity contribution < 1.29 is 9.72 Å². The van der Waals surface area contributed by atoms with Crippen LogP contribution in [0.4, 0.5) is 11.4 Å². The molecule has 0 radical (unpaired) electrons. The molecular weight excluding hydrogens is 318 g/mol. The van der Waals surface area contributed by atoms with Gasteiger partial charge in [-0.05, 0) is 25.1 Å². The molecule has 3 rings (SSSR count). The van der Waals surface area contributed by atoms with Crippen molar-refractivity contribution in [3.05, 3.63) is 62.7 Å². The van der Waals surface area contributed by atoms with Crippen LogP contribution in [0.25, 0.3) is 5.82 Å². The molecule has 0 atom stereocenters. The van der Waals surface area contributed by atoms with Gasteiger partial charge in [0.25, 0.3) is 11.6 Å². The molecule has 3 aromatic heterocycles. The quantitative estimate of drug-likeness (QED) is 0.585. The van der Waals surface area contributed by atoms with Crippen LogP contribution in [0, 0.1) is 17.0 Å². The Morgan fingerprint density at radius 3 is 2.87 bits per heavy atom. The van der Waals surface area contributed by atoms with Gasteiger partial charge in [0, 0.05) is 24.7 Å². The lowest BCUT2D eigenvalue weighted by molar-refractivity contribution is -0.385. The Morgan fingerprint density at radius 1 is 1.39 bits per heavy atom. The minimum Gasteiger partial charge on any atom is -0.318 e. The van der Waals surface area contributed by atoms with Crippen LogP contribution in [0.5, 0.6) is 0 Å². The fourth-order valence-electron chi connectivity index (χ4n) is 2.02. The third-order valence-electron chi connectivity index (χ3n) is 3.07. The molecule has 1 amide bonds. The molecule has 0 fully saturated rings. The van der Waals surface area contributed by atoms with E-state index in [4.69, 9.17) is 0 Å². The lowest BCUT2D eigenvalue weighted by Crippen LogP contribution is -2.13. The van der Waals surface area contributed by atoms with Gasteiger partial charge in [0.2, 0.25) is 0 Å². The van der Waals surface area contributed by atoms with Crippen molar-refractivity contribution in [2.45, 2.75) is 6.92 Å². The van der Waals surface area contributed by atoms with Crippen LogP contribution in [0.2, 0.25) is 0 Å². The maximum atomic E-state index is 12.3. The van der Waals surface area contributed by atoms with Gasteiger partial charge in [0.15, 0.2) is 5.82 Å². The van der Waals surface area contributed by atoms with Crippen molar-refractivity contribution in [2.24, 2.45) is 0 Å². The van der Waals surface area contributed by atoms with Crippen molar-refractivity contribution in [3.63, 3.8) is 0 Å². The summed E-state index contributed by atoms with van der Waals surface area (Å²) in [5, 5.41) is 17.7. The molecule has 0 bridgehead atoms. The number of rotatable bonds is 4. The molecule has 0 saturated carbocycles. The van der Waals surface area contributed by atoms with Gasteiger partial charge in [-0.1, -0.05) is 0 Å². The zero-order chi connectivity index (χ0) is 16.4. The summed E-state index contributed by atoms with van der Waals surface area (Å²) >= 11 is 1.08. The Kier molecular flexibility index (Phi) is 3.85. The van der Waals surface area contributed by atoms with Gasteiger partial charge >= 0.3 is 0 Å². The summed E-state index contributed by atoms with van der Waals surface area (Å²) in [4.78, 5) is 27.7. The number of aryl methyl sites for hydroxylation is 1. The number of nitro groups is 1. The Hall–Kier alpha value is -3.07. The van der Waals surface area contributed by atoms with E-state index in [9.17, 15) is 14.9 Å². The molecule has 3 heterocycles. The minimum absolute atomic E-state index is 0.0568. The SMILES string of the molecule is Cc1sc(C(=O)Nc2cccnc2-n2cccn2)cc1[N+](=O)[O-]. The zero-order valence-corrected chi connectivity index (χ0v) is 12.8. The predicted molar refractivity (Wildman–Crippen MR) is 85.0 cm³/mol. The van der Waals surface area contributed by atoms with Gasteiger partial charge in [-0.3, -0.25) is 14.9 Å². The molecule has 0 aliphatic heterocycles. The first-order valence-corrected chi connectivity index (χ1v) is 7.39. The first-order valence-electron chi connectivity index (χ1n) is 6.57. The number of aromatic nitrogens is 3. The average Bonchev–Trinajstić information content (AvgIpc) is 3.17. The van der Waals surface area contributed by atoms with E-state index in [1.165, 1.54) is 10.7 Å². The molecule has 0 saturated heterocycles. The van der Waals surface area contributed by atoms with Crippen molar-refractivity contribution in [1.82, 2.24) is 14.8 Å². The lowest BCUT2D eigenvalue weighted by atomic mass is 10.3. The highest BCUT2D eigenvalue weighted by Gasteiger charge is 2.20. The van der Waals surface area contributed by atoms with E-state index in [1.54, 1.807) is 43.7 Å². The van der Waals surface area contributed by atoms with Crippen molar-refractivity contribution in [2.75, 3.05) is 5.32 Å². The van der Waals surface area contributed by atoms with Crippen LogP contribution in [0.1, 0.15) is 14.5 Å². The van der Waals surface area contributed by atoms with E-state index in [2.05, 4.69) is 15.4 Å². The molecular formula is C14H11N5O3S. The van der Waals surface area contributed by atoms with Gasteiger partial charge in [-0.25, -0.2) is 9.67 Å². The second kappa shape index (κ2) is 5.97. The van der Waals surface area contributed by atoms with E-state index in [-0.39, 0.29) is 10.6 Å². The molecule has 0 aromatic carbocycles. The van der Waals surface area contributed by atoms with E-state index in [0.717, 1.165) is 11.3 Å². The van der Waals surface area contributed by atoms with E-state index >= 15 is 0 Å². The fraction of sp³-hybridized carbons (Fsp3) is 0.0714. The predicted octanol–water partition coefficient (Wildman–Crippen LogP) is 2.80. The maximum absolute atomic E-state index is 12.3. The monoisotopic (exact) mass is 329 g/mol. The Labute approximate surface area is 134 Å². The maximum Gasteiger partial charge on any atom is 0.283 e. The number of carbonyl (C=O) groups is 1. The Morgan fingerprint density at radius 2 is 2.22 bits per heavy atom. The molecule has 116 valence electrons.